The zero-order valence-electron chi connectivity index (χ0n) is 25.8. The molecule has 0 aliphatic heterocycles. The Balaban J connectivity index is 6.32. The van der Waals surface area contributed by atoms with Gasteiger partial charge in [0.1, 0.15) is 0 Å². The molecule has 0 spiro atoms. The second kappa shape index (κ2) is 16.2. The van der Waals surface area contributed by atoms with Gasteiger partial charge in [-0.05, 0) is 12.8 Å². The van der Waals surface area contributed by atoms with E-state index in [0.29, 0.717) is 27.1 Å². The number of methoxy groups -OCH3 is 2. The molecule has 0 aliphatic rings. The van der Waals surface area contributed by atoms with E-state index < -0.39 is 84.3 Å². The molecule has 0 fully saturated rings. The van der Waals surface area contributed by atoms with Crippen LogP contribution in [0.25, 0.3) is 0 Å². The molecule has 0 rings (SSSR count). The van der Waals surface area contributed by atoms with Gasteiger partial charge in [0.15, 0.2) is 5.41 Å². The van der Waals surface area contributed by atoms with Crippen molar-refractivity contribution in [2.24, 2.45) is 5.41 Å². The first kappa shape index (κ1) is 45.8. The third kappa shape index (κ3) is 8.54. The van der Waals surface area contributed by atoms with Crippen molar-refractivity contribution in [2.75, 3.05) is 14.2 Å². The summed E-state index contributed by atoms with van der Waals surface area (Å²) in [6.07, 6.45) is -7.11. The maximum absolute atomic E-state index is 14.6. The SMILES string of the molecule is CCCCCCCCCCCCC(CCC(F)(F)C(F)(F)C(F)(F)C(F)(F)C(F)(F)C(F)(F)C(F)(F)C(F)(F)F)(C(=O)OC)C(=O)OC. The summed E-state index contributed by atoms with van der Waals surface area (Å²) in [4.78, 5) is 25.0. The van der Waals surface area contributed by atoms with Gasteiger partial charge in [-0.2, -0.15) is 74.6 Å². The van der Waals surface area contributed by atoms with Gasteiger partial charge >= 0.3 is 59.6 Å². The summed E-state index contributed by atoms with van der Waals surface area (Å²) in [5.74, 6) is -61.1. The number of alkyl halides is 17. The summed E-state index contributed by atoms with van der Waals surface area (Å²) in [5, 5.41) is 0. The Morgan fingerprint density at radius 3 is 1.06 bits per heavy atom. The third-order valence-corrected chi connectivity index (χ3v) is 7.76. The van der Waals surface area contributed by atoms with Crippen LogP contribution in [0.5, 0.6) is 0 Å². The van der Waals surface area contributed by atoms with E-state index in [4.69, 9.17) is 0 Å². The van der Waals surface area contributed by atoms with E-state index in [2.05, 4.69) is 9.47 Å². The van der Waals surface area contributed by atoms with Gasteiger partial charge in [0.05, 0.1) is 14.2 Å². The number of ether oxygens (including phenoxy) is 2. The van der Waals surface area contributed by atoms with Crippen molar-refractivity contribution in [1.29, 1.82) is 0 Å². The number of unbranched alkanes of at least 4 members (excludes halogenated alkanes) is 9. The molecular formula is C27H35F17O4. The molecular weight excluding hydrogens is 711 g/mol. The van der Waals surface area contributed by atoms with Crippen LogP contribution in [-0.4, -0.2) is 73.8 Å². The first-order valence-corrected chi connectivity index (χ1v) is 14.4. The minimum absolute atomic E-state index is 0.160. The lowest BCUT2D eigenvalue weighted by Crippen LogP contribution is -2.74. The monoisotopic (exact) mass is 746 g/mol. The Hall–Kier alpha value is -2.25. The minimum Gasteiger partial charge on any atom is -0.468 e. The van der Waals surface area contributed by atoms with Crippen LogP contribution in [0.15, 0.2) is 0 Å². The van der Waals surface area contributed by atoms with E-state index in [1.165, 1.54) is 0 Å². The van der Waals surface area contributed by atoms with Gasteiger partial charge in [-0.15, -0.1) is 0 Å². The number of halogens is 17. The molecule has 0 aliphatic carbocycles. The number of esters is 2. The highest BCUT2D eigenvalue weighted by molar-refractivity contribution is 6.00. The van der Waals surface area contributed by atoms with Crippen molar-refractivity contribution in [3.05, 3.63) is 0 Å². The summed E-state index contributed by atoms with van der Waals surface area (Å²) in [7, 11) is 1.11. The zero-order chi connectivity index (χ0) is 38.3. The van der Waals surface area contributed by atoms with E-state index in [9.17, 15) is 84.2 Å². The van der Waals surface area contributed by atoms with Crippen LogP contribution in [0.3, 0.4) is 0 Å². The Morgan fingerprint density at radius 2 is 0.729 bits per heavy atom. The maximum Gasteiger partial charge on any atom is 0.460 e. The van der Waals surface area contributed by atoms with Gasteiger partial charge in [0.25, 0.3) is 0 Å². The van der Waals surface area contributed by atoms with Gasteiger partial charge in [-0.1, -0.05) is 71.1 Å². The summed E-state index contributed by atoms with van der Waals surface area (Å²) in [6.45, 7) is 2.01. The molecule has 0 atom stereocenters. The third-order valence-electron chi connectivity index (χ3n) is 7.76. The first-order chi connectivity index (χ1) is 21.5. The van der Waals surface area contributed by atoms with Crippen molar-refractivity contribution < 1.29 is 93.7 Å². The van der Waals surface area contributed by atoms with E-state index in [1.807, 2.05) is 6.92 Å². The molecule has 0 unspecified atom stereocenters. The number of hydrogen-bond donors (Lipinski definition) is 0. The molecule has 0 heterocycles. The fourth-order valence-corrected chi connectivity index (χ4v) is 4.65. The molecule has 48 heavy (non-hydrogen) atoms. The molecule has 286 valence electrons. The van der Waals surface area contributed by atoms with Gasteiger partial charge < -0.3 is 9.47 Å². The summed E-state index contributed by atoms with van der Waals surface area (Å²) >= 11 is 0. The number of carbonyl (C=O) groups is 2. The summed E-state index contributed by atoms with van der Waals surface area (Å²) < 4.78 is 240. The summed E-state index contributed by atoms with van der Waals surface area (Å²) in [6, 6.07) is 0. The molecule has 0 aromatic heterocycles. The first-order valence-electron chi connectivity index (χ1n) is 14.4. The van der Waals surface area contributed by atoms with Gasteiger partial charge in [0, 0.05) is 6.42 Å². The lowest BCUT2D eigenvalue weighted by Gasteiger charge is -2.43. The second-order valence-corrected chi connectivity index (χ2v) is 11.1. The van der Waals surface area contributed by atoms with E-state index in [-0.39, 0.29) is 12.8 Å². The molecule has 0 aromatic carbocycles. The van der Waals surface area contributed by atoms with Crippen LogP contribution in [0.4, 0.5) is 74.6 Å². The molecule has 0 bridgehead atoms. The molecule has 0 N–H and O–H groups in total. The predicted octanol–water partition coefficient (Wildman–Crippen LogP) is 10.4. The molecule has 0 saturated heterocycles. The van der Waals surface area contributed by atoms with E-state index in [0.717, 1.165) is 38.5 Å². The van der Waals surface area contributed by atoms with Crippen molar-refractivity contribution in [2.45, 2.75) is 138 Å². The molecule has 21 heteroatoms. The van der Waals surface area contributed by atoms with Crippen molar-refractivity contribution in [3.8, 4) is 0 Å². The Kier molecular flexibility index (Phi) is 15.4. The van der Waals surface area contributed by atoms with Crippen LogP contribution >= 0.6 is 0 Å². The topological polar surface area (TPSA) is 52.6 Å². The summed E-state index contributed by atoms with van der Waals surface area (Å²) in [5.41, 5.74) is -3.02. The van der Waals surface area contributed by atoms with Crippen molar-refractivity contribution in [3.63, 3.8) is 0 Å². The largest absolute Gasteiger partial charge is 0.468 e. The van der Waals surface area contributed by atoms with Crippen LogP contribution in [0, 0.1) is 5.41 Å². The quantitative estimate of drug-likeness (QED) is 0.0479. The van der Waals surface area contributed by atoms with Gasteiger partial charge in [-0.3, -0.25) is 9.59 Å². The van der Waals surface area contributed by atoms with Crippen molar-refractivity contribution >= 4 is 11.9 Å². The fraction of sp³-hybridized carbons (Fsp3) is 0.926. The minimum atomic E-state index is -8.75. The highest BCUT2D eigenvalue weighted by Gasteiger charge is 2.95. The number of carbonyl (C=O) groups excluding carboxylic acids is 2. The van der Waals surface area contributed by atoms with E-state index in [1.54, 1.807) is 0 Å². The van der Waals surface area contributed by atoms with Crippen LogP contribution in [0.2, 0.25) is 0 Å². The lowest BCUT2D eigenvalue weighted by atomic mass is 9.76. The lowest BCUT2D eigenvalue weighted by molar-refractivity contribution is -0.461. The standard InChI is InChI=1S/C27H35F17O4/c1-4-5-6-7-8-9-10-11-12-13-14-19(17(45)47-2,18(46)48-3)15-16-20(28,29)21(30,31)22(32,33)23(34,35)24(36,37)25(38,39)26(40,41)27(42,43)44/h4-16H2,1-3H3. The number of hydrogen-bond acceptors (Lipinski definition) is 4. The van der Waals surface area contributed by atoms with Crippen molar-refractivity contribution in [1.82, 2.24) is 0 Å². The fourth-order valence-electron chi connectivity index (χ4n) is 4.65. The molecule has 0 amide bonds. The Labute approximate surface area is 264 Å². The predicted molar refractivity (Wildman–Crippen MR) is 133 cm³/mol. The molecule has 0 radical (unpaired) electrons. The second-order valence-electron chi connectivity index (χ2n) is 11.1. The maximum atomic E-state index is 14.6. The van der Waals surface area contributed by atoms with Crippen LogP contribution in [0.1, 0.15) is 90.4 Å². The van der Waals surface area contributed by atoms with Crippen LogP contribution in [-0.2, 0) is 19.1 Å². The van der Waals surface area contributed by atoms with Gasteiger partial charge in [0.2, 0.25) is 0 Å². The average molecular weight is 747 g/mol. The number of rotatable bonds is 22. The smallest absolute Gasteiger partial charge is 0.460 e. The van der Waals surface area contributed by atoms with E-state index >= 15 is 0 Å². The molecule has 0 aromatic rings. The Morgan fingerprint density at radius 1 is 0.417 bits per heavy atom. The zero-order valence-corrected chi connectivity index (χ0v) is 25.8. The average Bonchev–Trinajstić information content (AvgIpc) is 2.97. The Bertz CT molecular complexity index is 1030. The highest BCUT2D eigenvalue weighted by Crippen LogP contribution is 2.64. The molecule has 0 saturated carbocycles. The van der Waals surface area contributed by atoms with Gasteiger partial charge in [-0.25, -0.2) is 0 Å². The van der Waals surface area contributed by atoms with Crippen LogP contribution < -0.4 is 0 Å². The molecule has 4 nitrogen and oxygen atoms in total. The normalized spacial score (nSPS) is 14.7. The highest BCUT2D eigenvalue weighted by atomic mass is 19.4.